The van der Waals surface area contributed by atoms with E-state index in [0.717, 1.165) is 5.82 Å². The van der Waals surface area contributed by atoms with Crippen LogP contribution in [0.3, 0.4) is 0 Å². The minimum absolute atomic E-state index is 0.0605. The summed E-state index contributed by atoms with van der Waals surface area (Å²) >= 11 is 0. The Morgan fingerprint density at radius 3 is 2.78 bits per heavy atom. The van der Waals surface area contributed by atoms with Gasteiger partial charge in [-0.05, 0) is 19.1 Å². The van der Waals surface area contributed by atoms with E-state index in [1.807, 2.05) is 17.9 Å². The van der Waals surface area contributed by atoms with Crippen LogP contribution in [0, 0.1) is 11.3 Å². The molecule has 1 fully saturated rings. The highest BCUT2D eigenvalue weighted by Crippen LogP contribution is 2.15. The molecule has 0 aromatic carbocycles. The van der Waals surface area contributed by atoms with Gasteiger partial charge in [0.05, 0.1) is 54.5 Å². The highest BCUT2D eigenvalue weighted by molar-refractivity contribution is 5.77. The third kappa shape index (κ3) is 4.60. The number of ether oxygens (including phenoxy) is 1. The first-order chi connectivity index (χ1) is 15.6. The molecule has 1 aliphatic rings. The number of pyridine rings is 1. The molecular formula is C21H24N8O3. The standard InChI is InChI=1S/C21H24N8O3/c1-15(29-18-13-24-26-21(31)17(18)12-25-29)14-32-9-4-20(30)28-7-5-27(6-8-28)19-3-2-16(10-22)11-23-19/h2-3,11-13,15H,4-9,14H2,1H3,(H,26,31). The zero-order chi connectivity index (χ0) is 22.5. The second-order valence-corrected chi connectivity index (χ2v) is 7.65. The van der Waals surface area contributed by atoms with Gasteiger partial charge in [0.1, 0.15) is 11.9 Å². The largest absolute Gasteiger partial charge is 0.379 e. The lowest BCUT2D eigenvalue weighted by Crippen LogP contribution is -2.49. The molecular weight excluding hydrogens is 412 g/mol. The van der Waals surface area contributed by atoms with Crippen LogP contribution in [-0.2, 0) is 9.53 Å². The van der Waals surface area contributed by atoms with E-state index in [4.69, 9.17) is 10.00 Å². The molecule has 11 heteroatoms. The maximum Gasteiger partial charge on any atom is 0.275 e. The summed E-state index contributed by atoms with van der Waals surface area (Å²) in [6.45, 7) is 5.26. The summed E-state index contributed by atoms with van der Waals surface area (Å²) in [5.41, 5.74) is 0.904. The van der Waals surface area contributed by atoms with Crippen LogP contribution in [0.1, 0.15) is 24.9 Å². The van der Waals surface area contributed by atoms with E-state index in [9.17, 15) is 9.59 Å². The summed E-state index contributed by atoms with van der Waals surface area (Å²) in [4.78, 5) is 32.5. The summed E-state index contributed by atoms with van der Waals surface area (Å²) in [5, 5.41) is 19.8. The topological polar surface area (TPSA) is 133 Å². The molecule has 4 rings (SSSR count). The Morgan fingerprint density at radius 2 is 2.06 bits per heavy atom. The van der Waals surface area contributed by atoms with Crippen LogP contribution in [-0.4, -0.2) is 75.2 Å². The quantitative estimate of drug-likeness (QED) is 0.535. The third-order valence-electron chi connectivity index (χ3n) is 5.50. The summed E-state index contributed by atoms with van der Waals surface area (Å²) in [7, 11) is 0. The predicted octanol–water partition coefficient (Wildman–Crippen LogP) is 0.703. The van der Waals surface area contributed by atoms with Crippen molar-refractivity contribution in [3.63, 3.8) is 0 Å². The number of carbonyl (C=O) groups is 1. The SMILES string of the molecule is CC(COCCC(=O)N1CCN(c2ccc(C#N)cn2)CC1)n1ncc2c(=O)[nH]ncc21. The molecule has 1 saturated heterocycles. The van der Waals surface area contributed by atoms with Crippen molar-refractivity contribution in [2.24, 2.45) is 0 Å². The lowest BCUT2D eigenvalue weighted by Gasteiger charge is -2.35. The van der Waals surface area contributed by atoms with Crippen LogP contribution >= 0.6 is 0 Å². The van der Waals surface area contributed by atoms with Crippen molar-refractivity contribution in [3.8, 4) is 6.07 Å². The summed E-state index contributed by atoms with van der Waals surface area (Å²) < 4.78 is 7.41. The molecule has 11 nitrogen and oxygen atoms in total. The molecule has 3 aromatic rings. The Morgan fingerprint density at radius 1 is 1.25 bits per heavy atom. The number of aromatic amines is 1. The van der Waals surface area contributed by atoms with Crippen LogP contribution in [0.4, 0.5) is 5.82 Å². The van der Waals surface area contributed by atoms with Gasteiger partial charge < -0.3 is 14.5 Å². The number of amides is 1. The number of carbonyl (C=O) groups excluding carboxylic acids is 1. The van der Waals surface area contributed by atoms with Gasteiger partial charge >= 0.3 is 0 Å². The van der Waals surface area contributed by atoms with Gasteiger partial charge in [0, 0.05) is 32.4 Å². The number of aromatic nitrogens is 5. The van der Waals surface area contributed by atoms with E-state index in [1.54, 1.807) is 23.1 Å². The zero-order valence-corrected chi connectivity index (χ0v) is 17.8. The Kier molecular flexibility index (Phi) is 6.42. The van der Waals surface area contributed by atoms with Crippen molar-refractivity contribution < 1.29 is 9.53 Å². The molecule has 0 radical (unpaired) electrons. The molecule has 32 heavy (non-hydrogen) atoms. The minimum Gasteiger partial charge on any atom is -0.379 e. The maximum atomic E-state index is 12.5. The van der Waals surface area contributed by atoms with E-state index in [-0.39, 0.29) is 17.5 Å². The second-order valence-electron chi connectivity index (χ2n) is 7.65. The van der Waals surface area contributed by atoms with Gasteiger partial charge in [0.15, 0.2) is 0 Å². The minimum atomic E-state index is -0.275. The molecule has 0 spiro atoms. The number of nitrogens with zero attached hydrogens (tertiary/aromatic N) is 7. The fourth-order valence-electron chi connectivity index (χ4n) is 3.71. The molecule has 0 saturated carbocycles. The number of fused-ring (bicyclic) bond motifs is 1. The Labute approximate surface area is 184 Å². The molecule has 166 valence electrons. The van der Waals surface area contributed by atoms with Gasteiger partial charge in [0.2, 0.25) is 5.91 Å². The van der Waals surface area contributed by atoms with Crippen LogP contribution in [0.15, 0.2) is 35.5 Å². The summed E-state index contributed by atoms with van der Waals surface area (Å²) in [6.07, 6.45) is 4.95. The maximum absolute atomic E-state index is 12.5. The fourth-order valence-corrected chi connectivity index (χ4v) is 3.71. The van der Waals surface area contributed by atoms with E-state index >= 15 is 0 Å². The number of nitrogens with one attached hydrogen (secondary N) is 1. The fraction of sp³-hybridized carbons (Fsp3) is 0.429. The van der Waals surface area contributed by atoms with Crippen molar-refractivity contribution >= 4 is 22.6 Å². The highest BCUT2D eigenvalue weighted by atomic mass is 16.5. The van der Waals surface area contributed by atoms with E-state index < -0.39 is 0 Å². The average molecular weight is 436 g/mol. The lowest BCUT2D eigenvalue weighted by atomic mass is 10.2. The lowest BCUT2D eigenvalue weighted by molar-refractivity contribution is -0.132. The van der Waals surface area contributed by atoms with E-state index in [1.165, 1.54) is 6.20 Å². The third-order valence-corrected chi connectivity index (χ3v) is 5.50. The Hall–Kier alpha value is -3.78. The molecule has 1 aliphatic heterocycles. The molecule has 4 heterocycles. The average Bonchev–Trinajstić information content (AvgIpc) is 3.27. The summed E-state index contributed by atoms with van der Waals surface area (Å²) in [6, 6.07) is 5.54. The number of anilines is 1. The van der Waals surface area contributed by atoms with E-state index in [0.29, 0.717) is 62.3 Å². The smallest absolute Gasteiger partial charge is 0.275 e. The van der Waals surface area contributed by atoms with Gasteiger partial charge in [-0.25, -0.2) is 10.1 Å². The van der Waals surface area contributed by atoms with Gasteiger partial charge in [-0.3, -0.25) is 14.3 Å². The highest BCUT2D eigenvalue weighted by Gasteiger charge is 2.22. The monoisotopic (exact) mass is 436 g/mol. The van der Waals surface area contributed by atoms with Crippen molar-refractivity contribution in [2.45, 2.75) is 19.4 Å². The van der Waals surface area contributed by atoms with Gasteiger partial charge in [-0.15, -0.1) is 0 Å². The number of H-pyrrole nitrogens is 1. The molecule has 0 bridgehead atoms. The molecule has 1 atom stereocenters. The normalized spacial score (nSPS) is 15.0. The molecule has 1 amide bonds. The summed E-state index contributed by atoms with van der Waals surface area (Å²) in [5.74, 6) is 0.877. The van der Waals surface area contributed by atoms with Crippen molar-refractivity contribution in [1.29, 1.82) is 5.26 Å². The van der Waals surface area contributed by atoms with Crippen LogP contribution in [0.25, 0.3) is 10.9 Å². The first-order valence-corrected chi connectivity index (χ1v) is 10.4. The van der Waals surface area contributed by atoms with Crippen molar-refractivity contribution in [3.05, 3.63) is 46.6 Å². The molecule has 3 aromatic heterocycles. The molecule has 1 unspecified atom stereocenters. The Balaban J connectivity index is 1.20. The number of piperazine rings is 1. The van der Waals surface area contributed by atoms with Crippen LogP contribution in [0.2, 0.25) is 0 Å². The number of hydrogen-bond acceptors (Lipinski definition) is 8. The number of hydrogen-bond donors (Lipinski definition) is 1. The van der Waals surface area contributed by atoms with Gasteiger partial charge in [-0.1, -0.05) is 0 Å². The second kappa shape index (κ2) is 9.57. The predicted molar refractivity (Wildman–Crippen MR) is 116 cm³/mol. The molecule has 0 aliphatic carbocycles. The van der Waals surface area contributed by atoms with Crippen molar-refractivity contribution in [2.75, 3.05) is 44.3 Å². The van der Waals surface area contributed by atoms with E-state index in [2.05, 4.69) is 31.2 Å². The molecule has 1 N–H and O–H groups in total. The van der Waals surface area contributed by atoms with Crippen molar-refractivity contribution in [1.82, 2.24) is 29.9 Å². The first kappa shape index (κ1) is 21.5. The zero-order valence-electron chi connectivity index (χ0n) is 17.8. The van der Waals surface area contributed by atoms with Crippen LogP contribution in [0.5, 0.6) is 0 Å². The van der Waals surface area contributed by atoms with Crippen LogP contribution < -0.4 is 10.5 Å². The number of rotatable bonds is 7. The number of nitriles is 1. The van der Waals surface area contributed by atoms with Gasteiger partial charge in [0.25, 0.3) is 5.56 Å². The Bertz CT molecular complexity index is 1170. The first-order valence-electron chi connectivity index (χ1n) is 10.4. The van der Waals surface area contributed by atoms with Gasteiger partial charge in [-0.2, -0.15) is 15.5 Å².